The number of para-hydroxylation sites is 1. The molecule has 1 heterocycles. The lowest BCUT2D eigenvalue weighted by Crippen LogP contribution is -2.21. The maximum absolute atomic E-state index is 11.7. The van der Waals surface area contributed by atoms with E-state index in [0.717, 1.165) is 17.3 Å². The average Bonchev–Trinajstić information content (AvgIpc) is 2.63. The van der Waals surface area contributed by atoms with Crippen molar-refractivity contribution in [2.75, 3.05) is 7.11 Å². The minimum absolute atomic E-state index is 0.508. The number of aromatic nitrogens is 2. The highest BCUT2D eigenvalue weighted by Gasteiger charge is 2.17. The van der Waals surface area contributed by atoms with Crippen molar-refractivity contribution in [1.82, 2.24) is 9.78 Å². The molecule has 0 fully saturated rings. The molecular weight excluding hydrogens is 324 g/mol. The zero-order chi connectivity index (χ0) is 18.0. The second-order valence-corrected chi connectivity index (χ2v) is 5.19. The molecule has 0 aliphatic rings. The van der Waals surface area contributed by atoms with Gasteiger partial charge in [0.05, 0.1) is 19.0 Å². The van der Waals surface area contributed by atoms with Crippen LogP contribution in [-0.2, 0) is 0 Å². The largest absolute Gasteiger partial charge is 0.503 e. The van der Waals surface area contributed by atoms with Crippen LogP contribution in [0.2, 0.25) is 0 Å². The van der Waals surface area contributed by atoms with E-state index in [9.17, 15) is 14.7 Å². The molecule has 3 aromatic rings. The first kappa shape index (κ1) is 16.3. The Hall–Kier alpha value is -3.61. The Morgan fingerprint density at radius 3 is 2.64 bits per heavy atom. The molecule has 126 valence electrons. The SMILES string of the molecule is COc1cccc(-c2ccccc2-n2cc(O)c(=O)c(C(=O)O)n2)c1. The molecule has 0 radical (unpaired) electrons. The highest BCUT2D eigenvalue weighted by Crippen LogP contribution is 2.29. The Labute approximate surface area is 142 Å². The van der Waals surface area contributed by atoms with E-state index in [0.29, 0.717) is 11.4 Å². The fourth-order valence-electron chi connectivity index (χ4n) is 2.45. The first-order valence-corrected chi connectivity index (χ1v) is 7.31. The molecule has 0 bridgehead atoms. The summed E-state index contributed by atoms with van der Waals surface area (Å²) in [5.74, 6) is -1.53. The molecule has 7 heteroatoms. The van der Waals surface area contributed by atoms with Gasteiger partial charge in [-0.15, -0.1) is 0 Å². The number of rotatable bonds is 4. The lowest BCUT2D eigenvalue weighted by molar-refractivity contribution is 0.0686. The van der Waals surface area contributed by atoms with E-state index >= 15 is 0 Å². The smallest absolute Gasteiger partial charge is 0.360 e. The molecule has 7 nitrogen and oxygen atoms in total. The van der Waals surface area contributed by atoms with Crippen LogP contribution >= 0.6 is 0 Å². The van der Waals surface area contributed by atoms with Crippen molar-refractivity contribution < 1.29 is 19.7 Å². The van der Waals surface area contributed by atoms with Gasteiger partial charge in [-0.1, -0.05) is 30.3 Å². The van der Waals surface area contributed by atoms with Gasteiger partial charge in [-0.25, -0.2) is 9.48 Å². The van der Waals surface area contributed by atoms with Gasteiger partial charge in [0, 0.05) is 5.56 Å². The Balaban J connectivity index is 2.23. The molecule has 1 aromatic heterocycles. The van der Waals surface area contributed by atoms with Gasteiger partial charge >= 0.3 is 5.97 Å². The molecule has 25 heavy (non-hydrogen) atoms. The number of aromatic hydroxyl groups is 1. The third-order valence-corrected chi connectivity index (χ3v) is 3.63. The number of carboxylic acid groups (broad SMARTS) is 1. The number of nitrogens with zero attached hydrogens (tertiary/aromatic N) is 2. The topological polar surface area (TPSA) is 102 Å². The Morgan fingerprint density at radius 2 is 1.92 bits per heavy atom. The minimum atomic E-state index is -1.51. The number of hydrogen-bond donors (Lipinski definition) is 2. The molecule has 0 aliphatic carbocycles. The van der Waals surface area contributed by atoms with Crippen molar-refractivity contribution in [3.63, 3.8) is 0 Å². The minimum Gasteiger partial charge on any atom is -0.503 e. The molecule has 0 spiro atoms. The summed E-state index contributed by atoms with van der Waals surface area (Å²) in [7, 11) is 1.56. The second kappa shape index (κ2) is 6.48. The summed E-state index contributed by atoms with van der Waals surface area (Å²) in [6.45, 7) is 0. The first-order chi connectivity index (χ1) is 12.0. The molecule has 0 saturated carbocycles. The van der Waals surface area contributed by atoms with Gasteiger partial charge in [0.2, 0.25) is 5.69 Å². The van der Waals surface area contributed by atoms with Gasteiger partial charge < -0.3 is 14.9 Å². The quantitative estimate of drug-likeness (QED) is 0.757. The highest BCUT2D eigenvalue weighted by atomic mass is 16.5. The van der Waals surface area contributed by atoms with E-state index in [1.54, 1.807) is 25.3 Å². The van der Waals surface area contributed by atoms with Crippen LogP contribution in [0.5, 0.6) is 11.5 Å². The molecule has 0 atom stereocenters. The van der Waals surface area contributed by atoms with Gasteiger partial charge in [-0.05, 0) is 23.8 Å². The Bertz CT molecular complexity index is 1010. The lowest BCUT2D eigenvalue weighted by Gasteiger charge is -2.13. The molecular formula is C18H14N2O5. The van der Waals surface area contributed by atoms with Crippen LogP contribution in [0.25, 0.3) is 16.8 Å². The predicted molar refractivity (Wildman–Crippen MR) is 90.4 cm³/mol. The third-order valence-electron chi connectivity index (χ3n) is 3.63. The van der Waals surface area contributed by atoms with E-state index in [4.69, 9.17) is 9.84 Å². The Kier molecular flexibility index (Phi) is 4.21. The molecule has 0 amide bonds. The maximum Gasteiger partial charge on any atom is 0.360 e. The van der Waals surface area contributed by atoms with Crippen LogP contribution < -0.4 is 10.2 Å². The summed E-state index contributed by atoms with van der Waals surface area (Å²) < 4.78 is 6.40. The summed E-state index contributed by atoms with van der Waals surface area (Å²) in [6, 6.07) is 14.4. The standard InChI is InChI=1S/C18H14N2O5/c1-25-12-6-4-5-11(9-12)13-7-2-3-8-14(13)20-10-15(21)17(22)16(19-20)18(23)24/h2-10,21H,1H3,(H,23,24). The van der Waals surface area contributed by atoms with Crippen LogP contribution in [-0.4, -0.2) is 33.1 Å². The van der Waals surface area contributed by atoms with E-state index in [2.05, 4.69) is 5.10 Å². The number of carboxylic acids is 1. The van der Waals surface area contributed by atoms with Crippen molar-refractivity contribution >= 4 is 5.97 Å². The molecule has 2 aromatic carbocycles. The summed E-state index contributed by atoms with van der Waals surface area (Å²) in [6.07, 6.45) is 1.09. The summed E-state index contributed by atoms with van der Waals surface area (Å²) in [4.78, 5) is 22.9. The molecule has 0 aliphatic heterocycles. The van der Waals surface area contributed by atoms with Gasteiger partial charge in [0.1, 0.15) is 5.75 Å². The lowest BCUT2D eigenvalue weighted by atomic mass is 10.0. The molecule has 2 N–H and O–H groups in total. The zero-order valence-electron chi connectivity index (χ0n) is 13.2. The normalized spacial score (nSPS) is 10.4. The number of aromatic carboxylic acids is 1. The summed E-state index contributed by atoms with van der Waals surface area (Å²) in [5.41, 5.74) is 0.275. The van der Waals surface area contributed by atoms with E-state index in [-0.39, 0.29) is 0 Å². The van der Waals surface area contributed by atoms with Crippen molar-refractivity contribution in [3.8, 4) is 28.3 Å². The fourth-order valence-corrected chi connectivity index (χ4v) is 2.45. The van der Waals surface area contributed by atoms with Crippen LogP contribution in [0.15, 0.2) is 59.5 Å². The Morgan fingerprint density at radius 1 is 1.16 bits per heavy atom. The maximum atomic E-state index is 11.7. The zero-order valence-corrected chi connectivity index (χ0v) is 13.2. The van der Waals surface area contributed by atoms with Crippen molar-refractivity contribution in [2.24, 2.45) is 0 Å². The fraction of sp³-hybridized carbons (Fsp3) is 0.0556. The number of methoxy groups -OCH3 is 1. The predicted octanol–water partition coefficient (Wildman–Crippen LogP) is 2.31. The van der Waals surface area contributed by atoms with Gasteiger partial charge in [-0.3, -0.25) is 4.79 Å². The molecule has 0 saturated heterocycles. The van der Waals surface area contributed by atoms with E-state index in [1.165, 1.54) is 4.68 Å². The number of benzene rings is 2. The van der Waals surface area contributed by atoms with Crippen LogP contribution in [0.3, 0.4) is 0 Å². The molecule has 3 rings (SSSR count). The summed E-state index contributed by atoms with van der Waals surface area (Å²) in [5, 5.41) is 22.7. The van der Waals surface area contributed by atoms with Crippen molar-refractivity contribution in [1.29, 1.82) is 0 Å². The van der Waals surface area contributed by atoms with Gasteiger partial charge in [-0.2, -0.15) is 5.10 Å². The third kappa shape index (κ3) is 3.07. The van der Waals surface area contributed by atoms with Crippen LogP contribution in [0.1, 0.15) is 10.5 Å². The van der Waals surface area contributed by atoms with Crippen molar-refractivity contribution in [2.45, 2.75) is 0 Å². The van der Waals surface area contributed by atoms with Gasteiger partial charge in [0.25, 0.3) is 5.43 Å². The monoisotopic (exact) mass is 338 g/mol. The first-order valence-electron chi connectivity index (χ1n) is 7.31. The number of carbonyl (C=O) groups is 1. The van der Waals surface area contributed by atoms with Gasteiger partial charge in [0.15, 0.2) is 5.75 Å². The number of hydrogen-bond acceptors (Lipinski definition) is 5. The van der Waals surface area contributed by atoms with Crippen LogP contribution in [0.4, 0.5) is 0 Å². The van der Waals surface area contributed by atoms with E-state index in [1.807, 2.05) is 30.3 Å². The second-order valence-electron chi connectivity index (χ2n) is 5.19. The van der Waals surface area contributed by atoms with Crippen molar-refractivity contribution in [3.05, 3.63) is 70.6 Å². The molecule has 0 unspecified atom stereocenters. The van der Waals surface area contributed by atoms with E-state index < -0.39 is 22.8 Å². The van der Waals surface area contributed by atoms with Crippen LogP contribution in [0, 0.1) is 0 Å². The number of ether oxygens (including phenoxy) is 1. The highest BCUT2D eigenvalue weighted by molar-refractivity contribution is 5.85. The summed E-state index contributed by atoms with van der Waals surface area (Å²) >= 11 is 0. The average molecular weight is 338 g/mol.